The average Bonchev–Trinajstić information content (AvgIpc) is 2.58. The molecule has 0 aromatic carbocycles. The number of hydrogen-bond acceptors (Lipinski definition) is 2. The van der Waals surface area contributed by atoms with Gasteiger partial charge in [-0.25, -0.2) is 0 Å². The Morgan fingerprint density at radius 1 is 1.43 bits per heavy atom. The second-order valence-corrected chi connectivity index (χ2v) is 3.81. The van der Waals surface area contributed by atoms with Gasteiger partial charge in [0, 0.05) is 23.9 Å². The van der Waals surface area contributed by atoms with Crippen molar-refractivity contribution < 1.29 is 0 Å². The maximum Gasteiger partial charge on any atom is 0.0490 e. The SMILES string of the molecule is CC1(c2ccn[nH]2)CCCNC1.Cl.Cl. The number of nitrogens with zero attached hydrogens (tertiary/aromatic N) is 1. The zero-order valence-corrected chi connectivity index (χ0v) is 9.88. The summed E-state index contributed by atoms with van der Waals surface area (Å²) in [7, 11) is 0. The van der Waals surface area contributed by atoms with Crippen molar-refractivity contribution in [3.63, 3.8) is 0 Å². The molecule has 3 nitrogen and oxygen atoms in total. The smallest absolute Gasteiger partial charge is 0.0490 e. The van der Waals surface area contributed by atoms with E-state index in [0.29, 0.717) is 0 Å². The first-order chi connectivity index (χ1) is 5.81. The maximum atomic E-state index is 3.99. The quantitative estimate of drug-likeness (QED) is 0.784. The highest BCUT2D eigenvalue weighted by molar-refractivity contribution is 5.85. The molecule has 0 saturated carbocycles. The summed E-state index contributed by atoms with van der Waals surface area (Å²) in [5.74, 6) is 0. The first-order valence-electron chi connectivity index (χ1n) is 4.52. The highest BCUT2D eigenvalue weighted by atomic mass is 35.5. The van der Waals surface area contributed by atoms with E-state index in [1.54, 1.807) is 0 Å². The van der Waals surface area contributed by atoms with Gasteiger partial charge in [-0.15, -0.1) is 24.8 Å². The van der Waals surface area contributed by atoms with Gasteiger partial charge in [0.25, 0.3) is 0 Å². The Labute approximate surface area is 96.9 Å². The number of hydrogen-bond donors (Lipinski definition) is 2. The summed E-state index contributed by atoms with van der Waals surface area (Å²) in [6.07, 6.45) is 4.34. The van der Waals surface area contributed by atoms with Gasteiger partial charge in [0.1, 0.15) is 0 Å². The Morgan fingerprint density at radius 3 is 2.71 bits per heavy atom. The fourth-order valence-corrected chi connectivity index (χ4v) is 1.88. The van der Waals surface area contributed by atoms with Gasteiger partial charge in [-0.2, -0.15) is 5.10 Å². The van der Waals surface area contributed by atoms with Crippen LogP contribution in [0.25, 0.3) is 0 Å². The van der Waals surface area contributed by atoms with Crippen LogP contribution in [0.3, 0.4) is 0 Å². The second-order valence-electron chi connectivity index (χ2n) is 3.81. The van der Waals surface area contributed by atoms with Crippen molar-refractivity contribution in [2.24, 2.45) is 0 Å². The van der Waals surface area contributed by atoms with Crippen LogP contribution >= 0.6 is 24.8 Å². The molecule has 1 aromatic heterocycles. The fraction of sp³-hybridized carbons (Fsp3) is 0.667. The molecule has 0 radical (unpaired) electrons. The molecule has 0 spiro atoms. The lowest BCUT2D eigenvalue weighted by molar-refractivity contribution is 0.332. The molecule has 1 saturated heterocycles. The summed E-state index contributed by atoms with van der Waals surface area (Å²) in [5.41, 5.74) is 1.53. The van der Waals surface area contributed by atoms with Crippen LogP contribution in [0.1, 0.15) is 25.5 Å². The van der Waals surface area contributed by atoms with E-state index < -0.39 is 0 Å². The van der Waals surface area contributed by atoms with Crippen LogP contribution in [0.2, 0.25) is 0 Å². The van der Waals surface area contributed by atoms with Crippen molar-refractivity contribution >= 4 is 24.8 Å². The van der Waals surface area contributed by atoms with Gasteiger partial charge in [-0.3, -0.25) is 5.10 Å². The number of piperidine rings is 1. The van der Waals surface area contributed by atoms with Crippen LogP contribution in [0.15, 0.2) is 12.3 Å². The van der Waals surface area contributed by atoms with Gasteiger partial charge in [0.05, 0.1) is 0 Å². The maximum absolute atomic E-state index is 3.99. The van der Waals surface area contributed by atoms with Crippen molar-refractivity contribution in [3.8, 4) is 0 Å². The largest absolute Gasteiger partial charge is 0.316 e. The van der Waals surface area contributed by atoms with Crippen LogP contribution in [0.4, 0.5) is 0 Å². The number of rotatable bonds is 1. The molecule has 2 heterocycles. The molecular weight excluding hydrogens is 221 g/mol. The standard InChI is InChI=1S/C9H15N3.2ClH/c1-9(4-2-5-10-7-9)8-3-6-11-12-8;;/h3,6,10H,2,4-5,7H2,1H3,(H,11,12);2*1H. The molecule has 2 rings (SSSR count). The molecule has 1 atom stereocenters. The Kier molecular flexibility index (Phi) is 5.49. The Hall–Kier alpha value is -0.250. The van der Waals surface area contributed by atoms with Gasteiger partial charge in [0.15, 0.2) is 0 Å². The first kappa shape index (κ1) is 13.8. The lowest BCUT2D eigenvalue weighted by atomic mass is 9.80. The molecule has 0 amide bonds. The molecule has 1 aromatic rings. The molecule has 2 N–H and O–H groups in total. The molecule has 0 aliphatic carbocycles. The minimum Gasteiger partial charge on any atom is -0.316 e. The summed E-state index contributed by atoms with van der Waals surface area (Å²) in [6.45, 7) is 4.51. The van der Waals surface area contributed by atoms with Crippen molar-refractivity contribution in [2.75, 3.05) is 13.1 Å². The second kappa shape index (κ2) is 5.59. The molecule has 5 heteroatoms. The minimum atomic E-state index is 0. The molecule has 1 fully saturated rings. The Morgan fingerprint density at radius 2 is 2.21 bits per heavy atom. The lowest BCUT2D eigenvalue weighted by Gasteiger charge is -2.32. The van der Waals surface area contributed by atoms with Crippen LogP contribution in [0, 0.1) is 0 Å². The van der Waals surface area contributed by atoms with Crippen LogP contribution in [0.5, 0.6) is 0 Å². The average molecular weight is 238 g/mol. The molecule has 82 valence electrons. The molecule has 14 heavy (non-hydrogen) atoms. The van der Waals surface area contributed by atoms with E-state index in [4.69, 9.17) is 0 Å². The van der Waals surface area contributed by atoms with Gasteiger partial charge < -0.3 is 5.32 Å². The topological polar surface area (TPSA) is 40.7 Å². The monoisotopic (exact) mass is 237 g/mol. The third-order valence-electron chi connectivity index (χ3n) is 2.75. The summed E-state index contributed by atoms with van der Waals surface area (Å²) in [4.78, 5) is 0. The highest BCUT2D eigenvalue weighted by Crippen LogP contribution is 2.28. The van der Waals surface area contributed by atoms with Crippen molar-refractivity contribution in [3.05, 3.63) is 18.0 Å². The van der Waals surface area contributed by atoms with Crippen molar-refractivity contribution in [1.29, 1.82) is 0 Å². The predicted octanol–water partition coefficient (Wildman–Crippen LogP) is 1.89. The number of aromatic amines is 1. The zero-order chi connectivity index (χ0) is 8.44. The van der Waals surface area contributed by atoms with Crippen LogP contribution in [-0.2, 0) is 5.41 Å². The molecule has 1 unspecified atom stereocenters. The van der Waals surface area contributed by atoms with Crippen molar-refractivity contribution in [2.45, 2.75) is 25.2 Å². The van der Waals surface area contributed by atoms with E-state index >= 15 is 0 Å². The molecule has 0 bridgehead atoms. The van der Waals surface area contributed by atoms with E-state index in [9.17, 15) is 0 Å². The highest BCUT2D eigenvalue weighted by Gasteiger charge is 2.29. The van der Waals surface area contributed by atoms with E-state index in [0.717, 1.165) is 13.1 Å². The fourth-order valence-electron chi connectivity index (χ4n) is 1.88. The third kappa shape index (κ3) is 2.62. The van der Waals surface area contributed by atoms with Crippen molar-refractivity contribution in [1.82, 2.24) is 15.5 Å². The zero-order valence-electron chi connectivity index (χ0n) is 8.25. The molecular formula is C9H17Cl2N3. The van der Waals surface area contributed by atoms with Gasteiger partial charge in [-0.1, -0.05) is 6.92 Å². The van der Waals surface area contributed by atoms with Crippen LogP contribution in [-0.4, -0.2) is 23.3 Å². The Bertz CT molecular complexity index is 243. The number of halogens is 2. The normalized spacial score (nSPS) is 26.1. The summed E-state index contributed by atoms with van der Waals surface area (Å²) in [5, 5.41) is 10.5. The summed E-state index contributed by atoms with van der Waals surface area (Å²) < 4.78 is 0. The minimum absolute atomic E-state index is 0. The van der Waals surface area contributed by atoms with Gasteiger partial charge in [0.2, 0.25) is 0 Å². The number of aromatic nitrogens is 2. The molecule has 1 aliphatic rings. The third-order valence-corrected chi connectivity index (χ3v) is 2.75. The van der Waals surface area contributed by atoms with E-state index in [1.165, 1.54) is 18.5 Å². The van der Waals surface area contributed by atoms with E-state index in [1.807, 2.05) is 6.20 Å². The predicted molar refractivity (Wildman–Crippen MR) is 62.5 cm³/mol. The van der Waals surface area contributed by atoms with E-state index in [2.05, 4.69) is 28.5 Å². The Balaban J connectivity index is 0.000000845. The first-order valence-corrected chi connectivity index (χ1v) is 4.52. The summed E-state index contributed by atoms with van der Waals surface area (Å²) >= 11 is 0. The van der Waals surface area contributed by atoms with Gasteiger partial charge in [-0.05, 0) is 25.5 Å². The number of H-pyrrole nitrogens is 1. The lowest BCUT2D eigenvalue weighted by Crippen LogP contribution is -2.41. The van der Waals surface area contributed by atoms with E-state index in [-0.39, 0.29) is 30.2 Å². The number of nitrogens with one attached hydrogen (secondary N) is 2. The summed E-state index contributed by atoms with van der Waals surface area (Å²) in [6, 6.07) is 2.08. The van der Waals surface area contributed by atoms with Crippen LogP contribution < -0.4 is 5.32 Å². The van der Waals surface area contributed by atoms with Gasteiger partial charge >= 0.3 is 0 Å². The molecule has 1 aliphatic heterocycles.